The number of hydrogen-bond donors (Lipinski definition) is 1. The smallest absolute Gasteiger partial charge is 0.328 e. The van der Waals surface area contributed by atoms with Crippen LogP contribution in [0.2, 0.25) is 0 Å². The lowest BCUT2D eigenvalue weighted by atomic mass is 9.89. The van der Waals surface area contributed by atoms with Crippen LogP contribution in [0.15, 0.2) is 41.4 Å². The highest BCUT2D eigenvalue weighted by Gasteiger charge is 2.27. The summed E-state index contributed by atoms with van der Waals surface area (Å²) in [5, 5.41) is 2.26. The Morgan fingerprint density at radius 2 is 2.06 bits per heavy atom. The summed E-state index contributed by atoms with van der Waals surface area (Å²) >= 11 is 0. The summed E-state index contributed by atoms with van der Waals surface area (Å²) in [4.78, 5) is 24.4. The number of imide groups is 1. The van der Waals surface area contributed by atoms with Gasteiger partial charge in [0.25, 0.3) is 0 Å². The van der Waals surface area contributed by atoms with E-state index < -0.39 is 27.5 Å². The number of alkyl halides is 1. The van der Waals surface area contributed by atoms with Crippen LogP contribution in [-0.4, -0.2) is 50.3 Å². The Morgan fingerprint density at radius 3 is 2.74 bits per heavy atom. The summed E-state index contributed by atoms with van der Waals surface area (Å²) in [6.07, 6.45) is 4.77. The van der Waals surface area contributed by atoms with Gasteiger partial charge in [0.1, 0.15) is 18.5 Å². The van der Waals surface area contributed by atoms with Crippen molar-refractivity contribution in [2.45, 2.75) is 57.5 Å². The minimum atomic E-state index is -3.54. The van der Waals surface area contributed by atoms with E-state index in [1.54, 1.807) is 18.3 Å². The largest absolute Gasteiger partial charge is 0.491 e. The lowest BCUT2D eigenvalue weighted by molar-refractivity contribution is -0.121. The SMILES string of the molecule is CC(F)COc1cccc(S(=O)(=O)CC(C)(C)CCC/C=C/N2CCC(=O)NC2=O)c1. The van der Waals surface area contributed by atoms with Crippen LogP contribution in [0.5, 0.6) is 5.75 Å². The van der Waals surface area contributed by atoms with Gasteiger partial charge < -0.3 is 9.64 Å². The Balaban J connectivity index is 1.86. The van der Waals surface area contributed by atoms with Crippen molar-refractivity contribution < 1.29 is 27.1 Å². The van der Waals surface area contributed by atoms with E-state index in [-0.39, 0.29) is 29.6 Å². The number of hydrogen-bond acceptors (Lipinski definition) is 5. The number of carbonyl (C=O) groups is 2. The van der Waals surface area contributed by atoms with E-state index in [1.807, 2.05) is 19.9 Å². The number of nitrogens with zero attached hydrogens (tertiary/aromatic N) is 1. The number of amides is 3. The number of allylic oxidation sites excluding steroid dienone is 1. The molecule has 0 aliphatic carbocycles. The number of unbranched alkanes of at least 4 members (excludes halogenated alkanes) is 1. The third kappa shape index (κ3) is 8.32. The fraction of sp³-hybridized carbons (Fsp3) is 0.545. The van der Waals surface area contributed by atoms with Crippen molar-refractivity contribution in [1.82, 2.24) is 10.2 Å². The molecule has 0 saturated carbocycles. The second-order valence-electron chi connectivity index (χ2n) is 8.56. The molecule has 1 aliphatic rings. The maximum atomic E-state index is 13.0. The van der Waals surface area contributed by atoms with Crippen molar-refractivity contribution in [3.63, 3.8) is 0 Å². The molecule has 1 atom stereocenters. The van der Waals surface area contributed by atoms with E-state index in [0.29, 0.717) is 25.1 Å². The van der Waals surface area contributed by atoms with Crippen molar-refractivity contribution in [2.24, 2.45) is 5.41 Å². The van der Waals surface area contributed by atoms with Crippen LogP contribution in [-0.2, 0) is 14.6 Å². The fourth-order valence-corrected chi connectivity index (χ4v) is 5.18. The molecule has 0 spiro atoms. The van der Waals surface area contributed by atoms with Gasteiger partial charge in [-0.05, 0) is 49.8 Å². The molecule has 2 rings (SSSR count). The number of halogens is 1. The normalized spacial score (nSPS) is 16.5. The lowest BCUT2D eigenvalue weighted by Gasteiger charge is -2.24. The maximum Gasteiger partial charge on any atom is 0.328 e. The molecular formula is C22H31FN2O5S. The second kappa shape index (κ2) is 10.7. The van der Waals surface area contributed by atoms with Crippen molar-refractivity contribution in [2.75, 3.05) is 18.9 Å². The number of benzene rings is 1. The van der Waals surface area contributed by atoms with Crippen molar-refractivity contribution in [1.29, 1.82) is 0 Å². The number of ether oxygens (including phenoxy) is 1. The molecule has 31 heavy (non-hydrogen) atoms. The van der Waals surface area contributed by atoms with Crippen LogP contribution >= 0.6 is 0 Å². The van der Waals surface area contributed by atoms with Gasteiger partial charge in [-0.2, -0.15) is 0 Å². The van der Waals surface area contributed by atoms with Crippen molar-refractivity contribution in [3.05, 3.63) is 36.5 Å². The van der Waals surface area contributed by atoms with Crippen LogP contribution in [0.25, 0.3) is 0 Å². The van der Waals surface area contributed by atoms with Gasteiger partial charge in [-0.25, -0.2) is 17.6 Å². The average Bonchev–Trinajstić information content (AvgIpc) is 2.67. The molecule has 1 heterocycles. The average molecular weight is 455 g/mol. The molecule has 1 aromatic rings. The molecule has 3 amide bonds. The summed E-state index contributed by atoms with van der Waals surface area (Å²) in [6, 6.07) is 5.73. The van der Waals surface area contributed by atoms with Gasteiger partial charge in [0.15, 0.2) is 9.84 Å². The monoisotopic (exact) mass is 454 g/mol. The quantitative estimate of drug-likeness (QED) is 0.513. The standard InChI is InChI=1S/C22H31FN2O5S/c1-17(23)15-30-18-8-7-9-19(14-18)31(28,29)16-22(2,3)11-5-4-6-12-25-13-10-20(26)24-21(25)27/h6-9,12,14,17H,4-5,10-11,13,15-16H2,1-3H3,(H,24,26,27)/b12-6+. The fourth-order valence-electron chi connectivity index (χ4n) is 3.26. The van der Waals surface area contributed by atoms with E-state index in [0.717, 1.165) is 6.42 Å². The zero-order chi connectivity index (χ0) is 23.1. The minimum absolute atomic E-state index is 0.0245. The zero-order valence-electron chi connectivity index (χ0n) is 18.3. The van der Waals surface area contributed by atoms with E-state index in [1.165, 1.54) is 24.0 Å². The zero-order valence-corrected chi connectivity index (χ0v) is 19.1. The number of urea groups is 1. The van der Waals surface area contributed by atoms with E-state index in [9.17, 15) is 22.4 Å². The molecule has 172 valence electrons. The third-order valence-electron chi connectivity index (χ3n) is 4.82. The molecule has 9 heteroatoms. The van der Waals surface area contributed by atoms with Gasteiger partial charge in [0.2, 0.25) is 5.91 Å². The van der Waals surface area contributed by atoms with E-state index in [4.69, 9.17) is 4.74 Å². The first kappa shape index (κ1) is 24.8. The summed E-state index contributed by atoms with van der Waals surface area (Å²) in [7, 11) is -3.54. The van der Waals surface area contributed by atoms with Gasteiger partial charge in [-0.3, -0.25) is 10.1 Å². The predicted molar refractivity (Wildman–Crippen MR) is 116 cm³/mol. The number of nitrogens with one attached hydrogen (secondary N) is 1. The van der Waals surface area contributed by atoms with Gasteiger partial charge >= 0.3 is 6.03 Å². The molecule has 0 bridgehead atoms. The van der Waals surface area contributed by atoms with Crippen LogP contribution in [0.1, 0.15) is 46.5 Å². The molecule has 7 nitrogen and oxygen atoms in total. The Hall–Kier alpha value is -2.42. The number of carbonyl (C=O) groups excluding carboxylic acids is 2. The molecule has 1 saturated heterocycles. The molecular weight excluding hydrogens is 423 g/mol. The first-order valence-electron chi connectivity index (χ1n) is 10.4. The summed E-state index contributed by atoms with van der Waals surface area (Å²) < 4.78 is 44.0. The highest BCUT2D eigenvalue weighted by Crippen LogP contribution is 2.29. The molecule has 1 fully saturated rings. The van der Waals surface area contributed by atoms with Crippen molar-refractivity contribution >= 4 is 21.8 Å². The summed E-state index contributed by atoms with van der Waals surface area (Å²) in [5.41, 5.74) is -0.452. The van der Waals surface area contributed by atoms with Crippen LogP contribution < -0.4 is 10.1 Å². The molecule has 1 unspecified atom stereocenters. The highest BCUT2D eigenvalue weighted by atomic mass is 32.2. The van der Waals surface area contributed by atoms with E-state index >= 15 is 0 Å². The van der Waals surface area contributed by atoms with Crippen LogP contribution in [0.3, 0.4) is 0 Å². The third-order valence-corrected chi connectivity index (χ3v) is 6.96. The second-order valence-corrected chi connectivity index (χ2v) is 10.6. The van der Waals surface area contributed by atoms with Crippen LogP contribution in [0.4, 0.5) is 9.18 Å². The molecule has 1 aliphatic heterocycles. The highest BCUT2D eigenvalue weighted by molar-refractivity contribution is 7.91. The Labute approximate surface area is 183 Å². The van der Waals surface area contributed by atoms with Crippen LogP contribution in [0, 0.1) is 5.41 Å². The maximum absolute atomic E-state index is 13.0. The Morgan fingerprint density at radius 1 is 1.32 bits per heavy atom. The van der Waals surface area contributed by atoms with Gasteiger partial charge in [-0.1, -0.05) is 26.0 Å². The Kier molecular flexibility index (Phi) is 8.61. The van der Waals surface area contributed by atoms with Gasteiger partial charge in [-0.15, -0.1) is 0 Å². The minimum Gasteiger partial charge on any atom is -0.491 e. The molecule has 1 N–H and O–H groups in total. The van der Waals surface area contributed by atoms with Crippen molar-refractivity contribution in [3.8, 4) is 5.75 Å². The predicted octanol–water partition coefficient (Wildman–Crippen LogP) is 3.85. The van der Waals surface area contributed by atoms with Gasteiger partial charge in [0.05, 0.1) is 10.6 Å². The Bertz CT molecular complexity index is 912. The number of rotatable bonds is 11. The molecule has 0 aromatic heterocycles. The summed E-state index contributed by atoms with van der Waals surface area (Å²) in [6.45, 7) is 5.42. The van der Waals surface area contributed by atoms with Gasteiger partial charge in [0, 0.05) is 19.2 Å². The first-order chi connectivity index (χ1) is 14.5. The molecule has 0 radical (unpaired) electrons. The summed E-state index contributed by atoms with van der Waals surface area (Å²) in [5.74, 6) is 0.0345. The van der Waals surface area contributed by atoms with E-state index in [2.05, 4.69) is 5.32 Å². The lowest BCUT2D eigenvalue weighted by Crippen LogP contribution is -2.46. The topological polar surface area (TPSA) is 92.8 Å². The first-order valence-corrected chi connectivity index (χ1v) is 12.0. The molecule has 1 aromatic carbocycles. The number of sulfone groups is 1.